The van der Waals surface area contributed by atoms with Gasteiger partial charge in [0.1, 0.15) is 5.82 Å². The molecule has 1 amide bonds. The first-order chi connectivity index (χ1) is 12.6. The zero-order valence-corrected chi connectivity index (χ0v) is 15.1. The van der Waals surface area contributed by atoms with Gasteiger partial charge in [-0.1, -0.05) is 19.1 Å². The number of rotatable bonds is 3. The van der Waals surface area contributed by atoms with Crippen LogP contribution < -0.4 is 10.2 Å². The Kier molecular flexibility index (Phi) is 4.66. The average molecular weight is 356 g/mol. The molecule has 6 heteroatoms. The monoisotopic (exact) mass is 356 g/mol. The van der Waals surface area contributed by atoms with E-state index >= 15 is 0 Å². The van der Waals surface area contributed by atoms with Gasteiger partial charge in [0.15, 0.2) is 5.69 Å². The second-order valence-electron chi connectivity index (χ2n) is 7.56. The molecule has 138 valence electrons. The van der Waals surface area contributed by atoms with Gasteiger partial charge in [-0.3, -0.25) is 9.89 Å². The smallest absolute Gasteiger partial charge is 0.272 e. The van der Waals surface area contributed by atoms with Crippen molar-refractivity contribution in [1.82, 2.24) is 15.5 Å². The fourth-order valence-corrected chi connectivity index (χ4v) is 4.08. The van der Waals surface area contributed by atoms with E-state index in [1.807, 2.05) is 12.1 Å². The number of H-pyrrole nitrogens is 1. The molecule has 1 aliphatic heterocycles. The lowest BCUT2D eigenvalue weighted by molar-refractivity contribution is 0.0924. The van der Waals surface area contributed by atoms with E-state index in [0.717, 1.165) is 56.5 Å². The molecule has 1 aliphatic carbocycles. The summed E-state index contributed by atoms with van der Waals surface area (Å²) in [6.45, 7) is 3.69. The summed E-state index contributed by atoms with van der Waals surface area (Å²) < 4.78 is 13.9. The molecule has 1 saturated heterocycles. The minimum Gasteiger partial charge on any atom is -0.369 e. The molecule has 1 aromatic carbocycles. The van der Waals surface area contributed by atoms with Crippen LogP contribution in [0.1, 0.15) is 47.9 Å². The molecule has 0 saturated carbocycles. The van der Waals surface area contributed by atoms with Crippen LogP contribution in [0.15, 0.2) is 24.3 Å². The molecule has 5 nitrogen and oxygen atoms in total. The molecule has 2 aromatic rings. The minimum atomic E-state index is -0.188. The van der Waals surface area contributed by atoms with Gasteiger partial charge in [-0.25, -0.2) is 4.39 Å². The number of hydrogen-bond donors (Lipinski definition) is 2. The van der Waals surface area contributed by atoms with Gasteiger partial charge in [-0.2, -0.15) is 5.10 Å². The van der Waals surface area contributed by atoms with Crippen LogP contribution in [0.2, 0.25) is 0 Å². The predicted molar refractivity (Wildman–Crippen MR) is 98.9 cm³/mol. The quantitative estimate of drug-likeness (QED) is 0.888. The van der Waals surface area contributed by atoms with Crippen LogP contribution in [0.5, 0.6) is 0 Å². The standard InChI is InChI=1S/C20H25FN4O/c1-13-6-7-17-15(12-13)19(24-23-17)20(26)22-14-8-10-25(11-9-14)18-5-3-2-4-16(18)21/h2-5,13-14H,6-12H2,1H3,(H,22,26)(H,23,24). The van der Waals surface area contributed by atoms with Crippen molar-refractivity contribution in [2.75, 3.05) is 18.0 Å². The lowest BCUT2D eigenvalue weighted by Crippen LogP contribution is -2.45. The second-order valence-corrected chi connectivity index (χ2v) is 7.56. The van der Waals surface area contributed by atoms with Crippen LogP contribution in [0.4, 0.5) is 10.1 Å². The van der Waals surface area contributed by atoms with Crippen LogP contribution in [0, 0.1) is 11.7 Å². The summed E-state index contributed by atoms with van der Waals surface area (Å²) in [4.78, 5) is 14.7. The van der Waals surface area contributed by atoms with Crippen molar-refractivity contribution in [1.29, 1.82) is 0 Å². The van der Waals surface area contributed by atoms with Crippen molar-refractivity contribution in [3.8, 4) is 0 Å². The zero-order chi connectivity index (χ0) is 18.1. The van der Waals surface area contributed by atoms with Gasteiger partial charge in [0.2, 0.25) is 0 Å². The molecule has 1 atom stereocenters. The molecule has 1 aromatic heterocycles. The molecule has 4 rings (SSSR count). The van der Waals surface area contributed by atoms with Gasteiger partial charge >= 0.3 is 0 Å². The Morgan fingerprint density at radius 1 is 1.27 bits per heavy atom. The molecule has 26 heavy (non-hydrogen) atoms. The third-order valence-corrected chi connectivity index (χ3v) is 5.63. The highest BCUT2D eigenvalue weighted by molar-refractivity contribution is 5.94. The Bertz CT molecular complexity index is 795. The predicted octanol–water partition coefficient (Wildman–Crippen LogP) is 3.07. The number of anilines is 1. The number of halogens is 1. The molecule has 0 bridgehead atoms. The van der Waals surface area contributed by atoms with E-state index in [1.54, 1.807) is 6.07 Å². The lowest BCUT2D eigenvalue weighted by Gasteiger charge is -2.34. The first kappa shape index (κ1) is 17.1. The number of amides is 1. The first-order valence-electron chi connectivity index (χ1n) is 9.48. The van der Waals surface area contributed by atoms with Crippen LogP contribution in [-0.4, -0.2) is 35.2 Å². The molecule has 2 aliphatic rings. The molecule has 2 heterocycles. The van der Waals surface area contributed by atoms with Crippen molar-refractivity contribution in [3.63, 3.8) is 0 Å². The van der Waals surface area contributed by atoms with Crippen LogP contribution in [0.3, 0.4) is 0 Å². The fourth-order valence-electron chi connectivity index (χ4n) is 4.08. The van der Waals surface area contributed by atoms with Crippen molar-refractivity contribution >= 4 is 11.6 Å². The normalized spacial score (nSPS) is 20.7. The van der Waals surface area contributed by atoms with Gasteiger partial charge in [0.25, 0.3) is 5.91 Å². The molecule has 2 N–H and O–H groups in total. The number of fused-ring (bicyclic) bond motifs is 1. The van der Waals surface area contributed by atoms with Crippen LogP contribution in [-0.2, 0) is 12.8 Å². The van der Waals surface area contributed by atoms with Crippen molar-refractivity contribution in [2.24, 2.45) is 5.92 Å². The number of carbonyl (C=O) groups is 1. The minimum absolute atomic E-state index is 0.0825. The van der Waals surface area contributed by atoms with Crippen molar-refractivity contribution < 1.29 is 9.18 Å². The van der Waals surface area contributed by atoms with Gasteiger partial charge in [0, 0.05) is 30.4 Å². The highest BCUT2D eigenvalue weighted by atomic mass is 19.1. The van der Waals surface area contributed by atoms with E-state index < -0.39 is 0 Å². The summed E-state index contributed by atoms with van der Waals surface area (Å²) in [6.07, 6.45) is 4.65. The Morgan fingerprint density at radius 3 is 2.81 bits per heavy atom. The number of piperidine rings is 1. The third-order valence-electron chi connectivity index (χ3n) is 5.63. The SMILES string of the molecule is CC1CCc2[nH]nc(C(=O)NC3CCN(c4ccccc4F)CC3)c2C1. The highest BCUT2D eigenvalue weighted by Crippen LogP contribution is 2.27. The maximum Gasteiger partial charge on any atom is 0.272 e. The van der Waals surface area contributed by atoms with E-state index in [-0.39, 0.29) is 17.8 Å². The van der Waals surface area contributed by atoms with Gasteiger partial charge in [0.05, 0.1) is 5.69 Å². The topological polar surface area (TPSA) is 61.0 Å². The average Bonchev–Trinajstić information content (AvgIpc) is 3.06. The summed E-state index contributed by atoms with van der Waals surface area (Å²) in [5.41, 5.74) is 3.41. The van der Waals surface area contributed by atoms with E-state index in [1.165, 1.54) is 6.07 Å². The number of carbonyl (C=O) groups excluding carboxylic acids is 1. The number of nitrogens with zero attached hydrogens (tertiary/aromatic N) is 2. The van der Waals surface area contributed by atoms with Gasteiger partial charge < -0.3 is 10.2 Å². The number of aromatic amines is 1. The second kappa shape index (κ2) is 7.09. The summed E-state index contributed by atoms with van der Waals surface area (Å²) in [7, 11) is 0. The zero-order valence-electron chi connectivity index (χ0n) is 15.1. The Hall–Kier alpha value is -2.37. The molecule has 0 spiro atoms. The highest BCUT2D eigenvalue weighted by Gasteiger charge is 2.27. The van der Waals surface area contributed by atoms with Crippen LogP contribution >= 0.6 is 0 Å². The molecular formula is C20H25FN4O. The van der Waals surface area contributed by atoms with E-state index in [9.17, 15) is 9.18 Å². The Morgan fingerprint density at radius 2 is 2.04 bits per heavy atom. The number of nitrogens with one attached hydrogen (secondary N) is 2. The fraction of sp³-hybridized carbons (Fsp3) is 0.500. The number of aromatic nitrogens is 2. The molecule has 1 fully saturated rings. The van der Waals surface area contributed by atoms with E-state index in [2.05, 4.69) is 27.3 Å². The number of aryl methyl sites for hydroxylation is 1. The Labute approximate surface area is 153 Å². The van der Waals surface area contributed by atoms with Crippen molar-refractivity contribution in [3.05, 3.63) is 47.0 Å². The summed E-state index contributed by atoms with van der Waals surface area (Å²) in [6, 6.07) is 6.97. The Balaban J connectivity index is 1.37. The summed E-state index contributed by atoms with van der Waals surface area (Å²) in [5.74, 6) is 0.323. The number of hydrogen-bond acceptors (Lipinski definition) is 3. The number of para-hydroxylation sites is 1. The van der Waals surface area contributed by atoms with Crippen molar-refractivity contribution in [2.45, 2.75) is 45.1 Å². The molecule has 0 radical (unpaired) electrons. The first-order valence-corrected chi connectivity index (χ1v) is 9.48. The number of benzene rings is 1. The molecule has 1 unspecified atom stereocenters. The van der Waals surface area contributed by atoms with Crippen LogP contribution in [0.25, 0.3) is 0 Å². The lowest BCUT2D eigenvalue weighted by atomic mass is 9.87. The van der Waals surface area contributed by atoms with E-state index in [4.69, 9.17) is 0 Å². The van der Waals surface area contributed by atoms with Gasteiger partial charge in [-0.05, 0) is 50.2 Å². The van der Waals surface area contributed by atoms with E-state index in [0.29, 0.717) is 17.3 Å². The summed E-state index contributed by atoms with van der Waals surface area (Å²) >= 11 is 0. The van der Waals surface area contributed by atoms with Gasteiger partial charge in [-0.15, -0.1) is 0 Å². The summed E-state index contributed by atoms with van der Waals surface area (Å²) in [5, 5.41) is 10.4. The third kappa shape index (κ3) is 3.32. The maximum absolute atomic E-state index is 13.9. The maximum atomic E-state index is 13.9. The largest absolute Gasteiger partial charge is 0.369 e. The molecular weight excluding hydrogens is 331 g/mol.